The molecular formula is C25H24N4O5. The van der Waals surface area contributed by atoms with Gasteiger partial charge in [-0.25, -0.2) is 10.4 Å². The van der Waals surface area contributed by atoms with E-state index in [2.05, 4.69) is 10.4 Å². The average molecular weight is 460 g/mol. The first-order chi connectivity index (χ1) is 16.6. The molecule has 0 radical (unpaired) electrons. The maximum atomic E-state index is 13.3. The molecule has 0 saturated carbocycles. The van der Waals surface area contributed by atoms with Gasteiger partial charge in [0.2, 0.25) is 12.7 Å². The predicted molar refractivity (Wildman–Crippen MR) is 122 cm³/mol. The molecule has 1 amide bonds. The third-order valence-corrected chi connectivity index (χ3v) is 6.42. The summed E-state index contributed by atoms with van der Waals surface area (Å²) in [5.41, 5.74) is 5.96. The van der Waals surface area contributed by atoms with E-state index < -0.39 is 0 Å². The van der Waals surface area contributed by atoms with Crippen molar-refractivity contribution >= 4 is 5.91 Å². The molecule has 4 heterocycles. The van der Waals surface area contributed by atoms with Gasteiger partial charge in [-0.15, -0.1) is 0 Å². The zero-order chi connectivity index (χ0) is 23.2. The number of hydrogen-bond acceptors (Lipinski definition) is 8. The molecule has 9 nitrogen and oxygen atoms in total. The molecule has 174 valence electrons. The smallest absolute Gasteiger partial charge is 0.251 e. The van der Waals surface area contributed by atoms with Crippen molar-refractivity contribution in [3.63, 3.8) is 0 Å². The number of amides is 1. The van der Waals surface area contributed by atoms with Gasteiger partial charge in [0.1, 0.15) is 23.2 Å². The number of hydrazine groups is 1. The minimum Gasteiger partial charge on any atom is -0.496 e. The lowest BCUT2D eigenvalue weighted by Gasteiger charge is -2.31. The maximum Gasteiger partial charge on any atom is 0.251 e. The van der Waals surface area contributed by atoms with E-state index in [1.165, 1.54) is 0 Å². The number of aryl methyl sites for hydroxylation is 1. The Bertz CT molecular complexity index is 1290. The number of fused-ring (bicyclic) bond motifs is 2. The van der Waals surface area contributed by atoms with E-state index in [0.29, 0.717) is 36.1 Å². The van der Waals surface area contributed by atoms with Gasteiger partial charge in [0.25, 0.3) is 5.91 Å². The number of hydrogen-bond donors (Lipinski definition) is 1. The fraction of sp³-hybridized carbons (Fsp3) is 0.280. The maximum absolute atomic E-state index is 13.3. The molecule has 1 fully saturated rings. The van der Waals surface area contributed by atoms with Gasteiger partial charge in [0.05, 0.1) is 25.3 Å². The molecule has 6 rings (SSSR count). The van der Waals surface area contributed by atoms with Crippen LogP contribution in [-0.2, 0) is 11.3 Å². The Kier molecular flexibility index (Phi) is 4.91. The Morgan fingerprint density at radius 2 is 2.00 bits per heavy atom. The first kappa shape index (κ1) is 20.6. The molecular weight excluding hydrogens is 436 g/mol. The second-order valence-corrected chi connectivity index (χ2v) is 8.44. The molecule has 3 aliphatic rings. The number of carbonyl (C=O) groups excluding carboxylic acids is 1. The summed E-state index contributed by atoms with van der Waals surface area (Å²) < 4.78 is 22.3. The fourth-order valence-corrected chi connectivity index (χ4v) is 4.59. The number of oxazole rings is 1. The predicted octanol–water partition coefficient (Wildman–Crippen LogP) is 3.52. The molecule has 2 aromatic carbocycles. The standard InChI is InChI=1S/C25H24N4O5/c1-15-19(26-24(34-15)17-5-3-4-6-21(17)31-2)13-28-9-10-29-20(25(28)30)12-18(27-29)16-7-8-22-23(11-16)33-14-32-22/h3-11,18,20,27H,12-14H2,1-2H3. The van der Waals surface area contributed by atoms with Crippen molar-refractivity contribution in [1.82, 2.24) is 20.3 Å². The second kappa shape index (κ2) is 8.11. The van der Waals surface area contributed by atoms with Crippen LogP contribution in [0.15, 0.2) is 59.3 Å². The highest BCUT2D eigenvalue weighted by atomic mass is 16.7. The van der Waals surface area contributed by atoms with Crippen LogP contribution in [0.25, 0.3) is 11.5 Å². The first-order valence-corrected chi connectivity index (χ1v) is 11.1. The number of methoxy groups -OCH3 is 1. The normalized spacial score (nSPS) is 20.7. The van der Waals surface area contributed by atoms with Crippen molar-refractivity contribution in [3.8, 4) is 28.7 Å². The molecule has 9 heteroatoms. The highest BCUT2D eigenvalue weighted by Gasteiger charge is 2.40. The molecule has 1 aromatic heterocycles. The van der Waals surface area contributed by atoms with Crippen molar-refractivity contribution in [3.05, 3.63) is 71.9 Å². The van der Waals surface area contributed by atoms with Crippen molar-refractivity contribution in [2.75, 3.05) is 13.9 Å². The van der Waals surface area contributed by atoms with Crippen LogP contribution < -0.4 is 19.6 Å². The van der Waals surface area contributed by atoms with E-state index in [1.54, 1.807) is 18.2 Å². The van der Waals surface area contributed by atoms with Crippen LogP contribution in [0, 0.1) is 6.92 Å². The number of rotatable bonds is 5. The third kappa shape index (κ3) is 3.45. The van der Waals surface area contributed by atoms with Crippen LogP contribution >= 0.6 is 0 Å². The average Bonchev–Trinajstić information content (AvgIpc) is 3.59. The van der Waals surface area contributed by atoms with Gasteiger partial charge in [0, 0.05) is 12.4 Å². The van der Waals surface area contributed by atoms with Gasteiger partial charge in [-0.05, 0) is 43.2 Å². The summed E-state index contributed by atoms with van der Waals surface area (Å²) in [5, 5.41) is 1.88. The molecule has 1 N–H and O–H groups in total. The molecule has 0 spiro atoms. The zero-order valence-corrected chi connectivity index (χ0v) is 18.9. The molecule has 3 aromatic rings. The van der Waals surface area contributed by atoms with Crippen LogP contribution in [0.3, 0.4) is 0 Å². The molecule has 2 unspecified atom stereocenters. The number of nitrogens with one attached hydrogen (secondary N) is 1. The van der Waals surface area contributed by atoms with Crippen molar-refractivity contribution in [2.45, 2.75) is 32.0 Å². The monoisotopic (exact) mass is 460 g/mol. The summed E-state index contributed by atoms with van der Waals surface area (Å²) in [6.45, 7) is 2.43. The Morgan fingerprint density at radius 1 is 1.15 bits per heavy atom. The zero-order valence-electron chi connectivity index (χ0n) is 18.9. The Balaban J connectivity index is 1.19. The largest absolute Gasteiger partial charge is 0.496 e. The molecule has 0 bridgehead atoms. The SMILES string of the molecule is COc1ccccc1-c1nc(CN2C=CN3NC(c4ccc5c(c4)OCO5)CC3C2=O)c(C)o1. The van der Waals surface area contributed by atoms with Crippen molar-refractivity contribution in [2.24, 2.45) is 0 Å². The lowest BCUT2D eigenvalue weighted by atomic mass is 10.0. The summed E-state index contributed by atoms with van der Waals surface area (Å²) in [6, 6.07) is 13.2. The van der Waals surface area contributed by atoms with Crippen LogP contribution in [0.1, 0.15) is 29.5 Å². The van der Waals surface area contributed by atoms with Gasteiger partial charge in [0.15, 0.2) is 11.5 Å². The summed E-state index contributed by atoms with van der Waals surface area (Å²) >= 11 is 0. The van der Waals surface area contributed by atoms with E-state index in [0.717, 1.165) is 22.6 Å². The van der Waals surface area contributed by atoms with Gasteiger partial charge in [-0.3, -0.25) is 4.79 Å². The highest BCUT2D eigenvalue weighted by molar-refractivity contribution is 5.84. The van der Waals surface area contributed by atoms with E-state index >= 15 is 0 Å². The van der Waals surface area contributed by atoms with Crippen LogP contribution in [0.2, 0.25) is 0 Å². The number of nitrogens with zero attached hydrogens (tertiary/aromatic N) is 3. The number of carbonyl (C=O) groups is 1. The Labute approximate surface area is 196 Å². The Hall–Kier alpha value is -3.98. The summed E-state index contributed by atoms with van der Waals surface area (Å²) in [4.78, 5) is 19.7. The minimum atomic E-state index is -0.304. The quantitative estimate of drug-likeness (QED) is 0.619. The topological polar surface area (TPSA) is 89.3 Å². The summed E-state index contributed by atoms with van der Waals surface area (Å²) in [5.74, 6) is 3.33. The first-order valence-electron chi connectivity index (χ1n) is 11.1. The number of aromatic nitrogens is 1. The summed E-state index contributed by atoms with van der Waals surface area (Å²) in [7, 11) is 1.62. The lowest BCUT2D eigenvalue weighted by Crippen LogP contribution is -2.47. The van der Waals surface area contributed by atoms with Gasteiger partial charge >= 0.3 is 0 Å². The van der Waals surface area contributed by atoms with Gasteiger partial charge in [-0.2, -0.15) is 0 Å². The second-order valence-electron chi connectivity index (χ2n) is 8.44. The number of benzene rings is 2. The van der Waals surface area contributed by atoms with E-state index in [4.69, 9.17) is 18.6 Å². The summed E-state index contributed by atoms with van der Waals surface area (Å²) in [6.07, 6.45) is 4.32. The molecule has 34 heavy (non-hydrogen) atoms. The van der Waals surface area contributed by atoms with Crippen molar-refractivity contribution in [1.29, 1.82) is 0 Å². The Morgan fingerprint density at radius 3 is 2.88 bits per heavy atom. The van der Waals surface area contributed by atoms with Crippen LogP contribution in [0.5, 0.6) is 17.2 Å². The molecule has 1 saturated heterocycles. The molecule has 2 atom stereocenters. The molecule has 3 aliphatic heterocycles. The molecule has 0 aliphatic carbocycles. The minimum absolute atomic E-state index is 0.000940. The fourth-order valence-electron chi connectivity index (χ4n) is 4.59. The van der Waals surface area contributed by atoms with Crippen LogP contribution in [-0.4, -0.2) is 40.7 Å². The lowest BCUT2D eigenvalue weighted by molar-refractivity contribution is -0.135. The third-order valence-electron chi connectivity index (χ3n) is 6.42. The van der Waals surface area contributed by atoms with E-state index in [-0.39, 0.29) is 24.8 Å². The van der Waals surface area contributed by atoms with Gasteiger partial charge in [-0.1, -0.05) is 18.2 Å². The van der Waals surface area contributed by atoms with Crippen molar-refractivity contribution < 1.29 is 23.4 Å². The number of para-hydroxylation sites is 1. The number of ether oxygens (including phenoxy) is 3. The van der Waals surface area contributed by atoms with E-state index in [9.17, 15) is 4.79 Å². The van der Waals surface area contributed by atoms with Crippen LogP contribution in [0.4, 0.5) is 0 Å². The van der Waals surface area contributed by atoms with E-state index in [1.807, 2.05) is 60.6 Å². The van der Waals surface area contributed by atoms with Gasteiger partial charge < -0.3 is 28.5 Å². The highest BCUT2D eigenvalue weighted by Crippen LogP contribution is 2.38.